The third-order valence-electron chi connectivity index (χ3n) is 3.61. The van der Waals surface area contributed by atoms with E-state index in [1.807, 2.05) is 29.5 Å². The fraction of sp³-hybridized carbons (Fsp3) is 0.368. The molecule has 0 saturated heterocycles. The van der Waals surface area contributed by atoms with Gasteiger partial charge in [0, 0.05) is 31.2 Å². The van der Waals surface area contributed by atoms with E-state index in [0.717, 1.165) is 16.4 Å². The third kappa shape index (κ3) is 4.74. The Bertz CT molecular complexity index is 716. The fourth-order valence-electron chi connectivity index (χ4n) is 2.60. The van der Waals surface area contributed by atoms with Crippen LogP contribution in [-0.2, 0) is 4.79 Å². The minimum atomic E-state index is 0.112. The van der Waals surface area contributed by atoms with Gasteiger partial charge in [-0.05, 0) is 51.0 Å². The second kappa shape index (κ2) is 8.20. The molecule has 24 heavy (non-hydrogen) atoms. The van der Waals surface area contributed by atoms with Crippen molar-refractivity contribution >= 4 is 17.7 Å². The smallest absolute Gasteiger partial charge is 0.233 e. The van der Waals surface area contributed by atoms with Crippen LogP contribution in [0.4, 0.5) is 0 Å². The molecule has 0 radical (unpaired) electrons. The lowest BCUT2D eigenvalue weighted by Crippen LogP contribution is -2.33. The van der Waals surface area contributed by atoms with Gasteiger partial charge in [0.25, 0.3) is 0 Å². The number of benzene rings is 1. The number of thioether (sulfide) groups is 1. The molecule has 0 bridgehead atoms. The largest absolute Gasteiger partial charge is 0.338 e. The van der Waals surface area contributed by atoms with Crippen LogP contribution in [0.3, 0.4) is 0 Å². The summed E-state index contributed by atoms with van der Waals surface area (Å²) in [6, 6.07) is 6.40. The van der Waals surface area contributed by atoms with Gasteiger partial charge in [0.2, 0.25) is 5.91 Å². The Labute approximate surface area is 148 Å². The summed E-state index contributed by atoms with van der Waals surface area (Å²) in [5.41, 5.74) is 4.50. The predicted molar refractivity (Wildman–Crippen MR) is 101 cm³/mol. The highest BCUT2D eigenvalue weighted by Crippen LogP contribution is 2.22. The summed E-state index contributed by atoms with van der Waals surface area (Å²) in [6.07, 6.45) is 3.71. The first-order valence-electron chi connectivity index (χ1n) is 8.07. The van der Waals surface area contributed by atoms with Gasteiger partial charge in [-0.15, -0.1) is 0 Å². The van der Waals surface area contributed by atoms with Crippen molar-refractivity contribution in [3.05, 3.63) is 53.9 Å². The van der Waals surface area contributed by atoms with E-state index in [2.05, 4.69) is 43.6 Å². The van der Waals surface area contributed by atoms with E-state index in [9.17, 15) is 4.79 Å². The molecule has 1 aromatic heterocycles. The van der Waals surface area contributed by atoms with Crippen LogP contribution in [0.2, 0.25) is 0 Å². The average molecular weight is 343 g/mol. The summed E-state index contributed by atoms with van der Waals surface area (Å²) in [4.78, 5) is 18.6. The zero-order valence-corrected chi connectivity index (χ0v) is 15.7. The molecular weight excluding hydrogens is 318 g/mol. The molecule has 4 nitrogen and oxygen atoms in total. The number of carbonyl (C=O) groups excluding carboxylic acids is 1. The molecule has 0 aliphatic rings. The topological polar surface area (TPSA) is 38.1 Å². The van der Waals surface area contributed by atoms with Gasteiger partial charge < -0.3 is 4.90 Å². The van der Waals surface area contributed by atoms with Crippen molar-refractivity contribution in [3.63, 3.8) is 0 Å². The molecule has 0 aliphatic heterocycles. The Balaban J connectivity index is 2.11. The lowest BCUT2D eigenvalue weighted by atomic mass is 10.1. The van der Waals surface area contributed by atoms with Crippen LogP contribution in [0, 0.1) is 13.8 Å². The van der Waals surface area contributed by atoms with Crippen molar-refractivity contribution in [3.8, 4) is 5.69 Å². The number of hydrogen-bond acceptors (Lipinski definition) is 3. The molecule has 0 N–H and O–H groups in total. The molecule has 1 heterocycles. The Morgan fingerprint density at radius 1 is 1.29 bits per heavy atom. The number of hydrogen-bond donors (Lipinski definition) is 0. The molecule has 0 aliphatic carbocycles. The van der Waals surface area contributed by atoms with Gasteiger partial charge in [0.15, 0.2) is 5.16 Å². The number of amides is 1. The molecule has 128 valence electrons. The van der Waals surface area contributed by atoms with Crippen LogP contribution in [0.1, 0.15) is 25.0 Å². The molecule has 0 fully saturated rings. The van der Waals surface area contributed by atoms with Gasteiger partial charge in [-0.1, -0.05) is 30.0 Å². The minimum absolute atomic E-state index is 0.112. The first-order valence-corrected chi connectivity index (χ1v) is 9.06. The van der Waals surface area contributed by atoms with E-state index >= 15 is 0 Å². The zero-order chi connectivity index (χ0) is 17.7. The van der Waals surface area contributed by atoms with E-state index in [1.54, 1.807) is 6.20 Å². The van der Waals surface area contributed by atoms with Gasteiger partial charge >= 0.3 is 0 Å². The summed E-state index contributed by atoms with van der Waals surface area (Å²) >= 11 is 1.47. The van der Waals surface area contributed by atoms with E-state index in [4.69, 9.17) is 0 Å². The number of rotatable bonds is 7. The average Bonchev–Trinajstić information content (AvgIpc) is 2.97. The number of nitrogens with zero attached hydrogens (tertiary/aromatic N) is 3. The Kier molecular flexibility index (Phi) is 6.26. The van der Waals surface area contributed by atoms with Crippen LogP contribution in [0.15, 0.2) is 47.9 Å². The van der Waals surface area contributed by atoms with Crippen LogP contribution in [0.25, 0.3) is 5.69 Å². The van der Waals surface area contributed by atoms with Gasteiger partial charge in [-0.25, -0.2) is 4.98 Å². The fourth-order valence-corrected chi connectivity index (χ4v) is 3.48. The number of likely N-dealkylation sites (N-methyl/N-ethyl adjacent to an activating group) is 1. The highest BCUT2D eigenvalue weighted by atomic mass is 32.2. The second-order valence-electron chi connectivity index (χ2n) is 6.08. The highest BCUT2D eigenvalue weighted by molar-refractivity contribution is 7.99. The Morgan fingerprint density at radius 3 is 2.54 bits per heavy atom. The van der Waals surface area contributed by atoms with Crippen molar-refractivity contribution in [1.82, 2.24) is 14.5 Å². The third-order valence-corrected chi connectivity index (χ3v) is 4.56. The predicted octanol–water partition coefficient (Wildman–Crippen LogP) is 4.01. The number of carbonyl (C=O) groups is 1. The normalized spacial score (nSPS) is 10.7. The minimum Gasteiger partial charge on any atom is -0.338 e. The number of imidazole rings is 1. The molecule has 1 aromatic carbocycles. The van der Waals surface area contributed by atoms with Gasteiger partial charge in [0.1, 0.15) is 0 Å². The molecule has 2 rings (SSSR count). The molecule has 0 unspecified atom stereocenters. The van der Waals surface area contributed by atoms with Crippen molar-refractivity contribution in [2.24, 2.45) is 0 Å². The quantitative estimate of drug-likeness (QED) is 0.563. The summed E-state index contributed by atoms with van der Waals surface area (Å²) in [5.74, 6) is 0.489. The summed E-state index contributed by atoms with van der Waals surface area (Å²) in [5, 5.41) is 0.833. The lowest BCUT2D eigenvalue weighted by molar-refractivity contribution is -0.127. The number of aryl methyl sites for hydroxylation is 2. The lowest BCUT2D eigenvalue weighted by Gasteiger charge is -2.20. The maximum atomic E-state index is 12.4. The van der Waals surface area contributed by atoms with Crippen molar-refractivity contribution in [2.75, 3.05) is 18.8 Å². The van der Waals surface area contributed by atoms with E-state index in [-0.39, 0.29) is 5.91 Å². The van der Waals surface area contributed by atoms with Crippen LogP contribution < -0.4 is 0 Å². The molecule has 2 aromatic rings. The molecule has 1 amide bonds. The van der Waals surface area contributed by atoms with Crippen molar-refractivity contribution < 1.29 is 4.79 Å². The molecule has 0 saturated carbocycles. The summed E-state index contributed by atoms with van der Waals surface area (Å²) < 4.78 is 2.03. The van der Waals surface area contributed by atoms with Crippen LogP contribution in [0.5, 0.6) is 0 Å². The highest BCUT2D eigenvalue weighted by Gasteiger charge is 2.14. The monoisotopic (exact) mass is 343 g/mol. The van der Waals surface area contributed by atoms with Gasteiger partial charge in [-0.2, -0.15) is 0 Å². The molecular formula is C19H25N3OS. The van der Waals surface area contributed by atoms with Crippen LogP contribution >= 0.6 is 11.8 Å². The summed E-state index contributed by atoms with van der Waals surface area (Å²) in [7, 11) is 0. The zero-order valence-electron chi connectivity index (χ0n) is 14.9. The SMILES string of the molecule is C=C(C)CN(CC)C(=O)CSc1nccn1-c1cc(C)cc(C)c1. The second-order valence-corrected chi connectivity index (χ2v) is 7.02. The maximum absolute atomic E-state index is 12.4. The van der Waals surface area contributed by atoms with Crippen molar-refractivity contribution in [1.29, 1.82) is 0 Å². The maximum Gasteiger partial charge on any atom is 0.233 e. The van der Waals surface area contributed by atoms with E-state index in [0.29, 0.717) is 18.8 Å². The standard InChI is InChI=1S/C19H25N3OS/c1-6-21(12-14(2)3)18(23)13-24-19-20-7-8-22(19)17-10-15(4)9-16(5)11-17/h7-11H,2,6,12-13H2,1,3-5H3. The molecule has 0 spiro atoms. The summed E-state index contributed by atoms with van der Waals surface area (Å²) in [6.45, 7) is 13.3. The first kappa shape index (κ1) is 18.3. The van der Waals surface area contributed by atoms with Crippen LogP contribution in [-0.4, -0.2) is 39.2 Å². The Hall–Kier alpha value is -2.01. The van der Waals surface area contributed by atoms with E-state index < -0.39 is 0 Å². The number of aromatic nitrogens is 2. The molecule has 0 atom stereocenters. The Morgan fingerprint density at radius 2 is 1.96 bits per heavy atom. The van der Waals surface area contributed by atoms with Crippen molar-refractivity contribution in [2.45, 2.75) is 32.9 Å². The van der Waals surface area contributed by atoms with E-state index in [1.165, 1.54) is 22.9 Å². The molecule has 5 heteroatoms. The first-order chi connectivity index (χ1) is 11.4. The van der Waals surface area contributed by atoms with Gasteiger partial charge in [0.05, 0.1) is 5.75 Å². The van der Waals surface area contributed by atoms with Gasteiger partial charge in [-0.3, -0.25) is 9.36 Å².